The molecule has 0 N–H and O–H groups in total. The highest BCUT2D eigenvalue weighted by molar-refractivity contribution is 5.38. The summed E-state index contributed by atoms with van der Waals surface area (Å²) in [4.78, 5) is 27.6. The topological polar surface area (TPSA) is 81.7 Å². The number of aromatic nitrogens is 6. The summed E-state index contributed by atoms with van der Waals surface area (Å²) >= 11 is 0. The van der Waals surface area contributed by atoms with E-state index in [1.807, 2.05) is 18.2 Å². The normalized spacial score (nSPS) is 14.2. The largest absolute Gasteiger partial charge is 0.349 e. The standard InChI is InChI=1S/C16H17N7O/c24-16-8-13(9-22-12-17-11-19-22)20-15-10-21(6-3-7-23(15)16)14-4-1-2-5-18-14/h1-2,4-5,8,11-12H,3,6-7,9-10H2. The van der Waals surface area contributed by atoms with Crippen LogP contribution in [0.3, 0.4) is 0 Å². The van der Waals surface area contributed by atoms with E-state index < -0.39 is 0 Å². The molecule has 0 unspecified atom stereocenters. The van der Waals surface area contributed by atoms with Crippen molar-refractivity contribution in [3.63, 3.8) is 0 Å². The Labute approximate surface area is 138 Å². The molecule has 0 saturated heterocycles. The number of nitrogens with zero attached hydrogens (tertiary/aromatic N) is 7. The van der Waals surface area contributed by atoms with E-state index in [4.69, 9.17) is 0 Å². The third kappa shape index (κ3) is 2.90. The van der Waals surface area contributed by atoms with Gasteiger partial charge in [-0.05, 0) is 18.6 Å². The van der Waals surface area contributed by atoms with E-state index in [1.54, 1.807) is 27.8 Å². The van der Waals surface area contributed by atoms with Crippen molar-refractivity contribution in [2.45, 2.75) is 26.1 Å². The molecular weight excluding hydrogens is 306 g/mol. The molecule has 1 aliphatic rings. The predicted molar refractivity (Wildman–Crippen MR) is 87.5 cm³/mol. The number of hydrogen-bond acceptors (Lipinski definition) is 6. The van der Waals surface area contributed by atoms with E-state index in [9.17, 15) is 4.79 Å². The van der Waals surface area contributed by atoms with Crippen molar-refractivity contribution in [1.82, 2.24) is 29.3 Å². The summed E-state index contributed by atoms with van der Waals surface area (Å²) in [6.07, 6.45) is 5.75. The minimum Gasteiger partial charge on any atom is -0.349 e. The molecule has 122 valence electrons. The van der Waals surface area contributed by atoms with Crippen LogP contribution in [0.4, 0.5) is 5.82 Å². The molecule has 8 heteroatoms. The fraction of sp³-hybridized carbons (Fsp3) is 0.312. The van der Waals surface area contributed by atoms with Gasteiger partial charge in [-0.15, -0.1) is 0 Å². The van der Waals surface area contributed by atoms with Crippen molar-refractivity contribution >= 4 is 5.82 Å². The van der Waals surface area contributed by atoms with Crippen LogP contribution in [0.1, 0.15) is 17.9 Å². The molecule has 4 heterocycles. The molecule has 0 radical (unpaired) electrons. The molecular formula is C16H17N7O. The van der Waals surface area contributed by atoms with Crippen LogP contribution in [0.25, 0.3) is 0 Å². The lowest BCUT2D eigenvalue weighted by atomic mass is 10.3. The molecule has 3 aromatic rings. The summed E-state index contributed by atoms with van der Waals surface area (Å²) in [5.74, 6) is 1.67. The van der Waals surface area contributed by atoms with Gasteiger partial charge >= 0.3 is 0 Å². The number of fused-ring (bicyclic) bond motifs is 1. The summed E-state index contributed by atoms with van der Waals surface area (Å²) < 4.78 is 3.42. The highest BCUT2D eigenvalue weighted by Crippen LogP contribution is 2.16. The van der Waals surface area contributed by atoms with Gasteiger partial charge in [0, 0.05) is 25.4 Å². The highest BCUT2D eigenvalue weighted by Gasteiger charge is 2.18. The monoisotopic (exact) mass is 323 g/mol. The van der Waals surface area contributed by atoms with Gasteiger partial charge in [0.25, 0.3) is 5.56 Å². The Bertz CT molecular complexity index is 873. The minimum absolute atomic E-state index is 0.0158. The zero-order chi connectivity index (χ0) is 16.4. The average Bonchev–Trinajstić information content (AvgIpc) is 3.00. The van der Waals surface area contributed by atoms with Gasteiger partial charge < -0.3 is 4.90 Å². The molecule has 0 fully saturated rings. The number of anilines is 1. The molecule has 0 spiro atoms. The lowest BCUT2D eigenvalue weighted by Gasteiger charge is -2.21. The first-order valence-electron chi connectivity index (χ1n) is 7.87. The van der Waals surface area contributed by atoms with Crippen molar-refractivity contribution in [3.8, 4) is 0 Å². The number of rotatable bonds is 3. The number of pyridine rings is 1. The molecule has 1 aliphatic heterocycles. The van der Waals surface area contributed by atoms with E-state index in [1.165, 1.54) is 6.33 Å². The lowest BCUT2D eigenvalue weighted by Crippen LogP contribution is -2.28. The van der Waals surface area contributed by atoms with Gasteiger partial charge in [0.1, 0.15) is 24.3 Å². The van der Waals surface area contributed by atoms with Gasteiger partial charge in [0.05, 0.1) is 18.8 Å². The second-order valence-corrected chi connectivity index (χ2v) is 5.71. The van der Waals surface area contributed by atoms with E-state index in [0.29, 0.717) is 25.3 Å². The minimum atomic E-state index is -0.0158. The van der Waals surface area contributed by atoms with Crippen LogP contribution >= 0.6 is 0 Å². The molecule has 3 aromatic heterocycles. The van der Waals surface area contributed by atoms with Gasteiger partial charge in [-0.3, -0.25) is 9.36 Å². The molecule has 4 rings (SSSR count). The quantitative estimate of drug-likeness (QED) is 0.705. The van der Waals surface area contributed by atoms with Gasteiger partial charge in [-0.2, -0.15) is 5.10 Å². The second kappa shape index (κ2) is 6.23. The molecule has 0 bridgehead atoms. The van der Waals surface area contributed by atoms with Crippen molar-refractivity contribution in [2.24, 2.45) is 0 Å². The molecule has 0 atom stereocenters. The summed E-state index contributed by atoms with van der Waals surface area (Å²) in [7, 11) is 0. The highest BCUT2D eigenvalue weighted by atomic mass is 16.1. The van der Waals surface area contributed by atoms with E-state index >= 15 is 0 Å². The SMILES string of the molecule is O=c1cc(Cn2cncn2)nc2n1CCCN(c1ccccn1)C2. The second-order valence-electron chi connectivity index (χ2n) is 5.71. The Balaban J connectivity index is 1.67. The van der Waals surface area contributed by atoms with E-state index in [0.717, 1.165) is 24.6 Å². The molecule has 24 heavy (non-hydrogen) atoms. The van der Waals surface area contributed by atoms with Crippen molar-refractivity contribution < 1.29 is 0 Å². The maximum Gasteiger partial charge on any atom is 0.253 e. The Morgan fingerprint density at radius 1 is 1.21 bits per heavy atom. The summed E-state index contributed by atoms with van der Waals surface area (Å²) in [6.45, 7) is 2.52. The maximum absolute atomic E-state index is 12.5. The fourth-order valence-electron chi connectivity index (χ4n) is 2.93. The van der Waals surface area contributed by atoms with Gasteiger partial charge in [-0.25, -0.2) is 19.6 Å². The molecule has 8 nitrogen and oxygen atoms in total. The number of hydrogen-bond donors (Lipinski definition) is 0. The first-order valence-corrected chi connectivity index (χ1v) is 7.87. The van der Waals surface area contributed by atoms with Crippen LogP contribution in [0, 0.1) is 0 Å². The Morgan fingerprint density at radius 3 is 2.96 bits per heavy atom. The van der Waals surface area contributed by atoms with Crippen LogP contribution < -0.4 is 10.5 Å². The summed E-state index contributed by atoms with van der Waals surface area (Å²) in [6, 6.07) is 7.43. The fourth-order valence-corrected chi connectivity index (χ4v) is 2.93. The zero-order valence-electron chi connectivity index (χ0n) is 13.1. The van der Waals surface area contributed by atoms with E-state index in [2.05, 4.69) is 25.0 Å². The Morgan fingerprint density at radius 2 is 2.17 bits per heavy atom. The predicted octanol–water partition coefficient (Wildman–Crippen LogP) is 0.688. The zero-order valence-corrected chi connectivity index (χ0v) is 13.1. The van der Waals surface area contributed by atoms with Crippen molar-refractivity contribution in [3.05, 3.63) is 65.0 Å². The van der Waals surface area contributed by atoms with Gasteiger partial charge in [-0.1, -0.05) is 6.07 Å². The third-order valence-corrected chi connectivity index (χ3v) is 4.05. The van der Waals surface area contributed by atoms with Crippen LogP contribution in [-0.2, 0) is 19.6 Å². The molecule has 0 aromatic carbocycles. The van der Waals surface area contributed by atoms with Crippen LogP contribution in [0.5, 0.6) is 0 Å². The van der Waals surface area contributed by atoms with Gasteiger partial charge in [0.2, 0.25) is 0 Å². The average molecular weight is 323 g/mol. The third-order valence-electron chi connectivity index (χ3n) is 4.05. The Kier molecular flexibility index (Phi) is 3.78. The van der Waals surface area contributed by atoms with Crippen LogP contribution in [-0.4, -0.2) is 35.8 Å². The van der Waals surface area contributed by atoms with Crippen molar-refractivity contribution in [1.29, 1.82) is 0 Å². The molecule has 0 amide bonds. The summed E-state index contributed by atoms with van der Waals surface area (Å²) in [5.41, 5.74) is 0.678. The van der Waals surface area contributed by atoms with Crippen molar-refractivity contribution in [2.75, 3.05) is 11.4 Å². The van der Waals surface area contributed by atoms with Crippen LogP contribution in [0.15, 0.2) is 47.9 Å². The van der Waals surface area contributed by atoms with Crippen LogP contribution in [0.2, 0.25) is 0 Å². The maximum atomic E-state index is 12.5. The lowest BCUT2D eigenvalue weighted by molar-refractivity contribution is 0.604. The first kappa shape index (κ1) is 14.6. The molecule has 0 aliphatic carbocycles. The molecule has 0 saturated carbocycles. The smallest absolute Gasteiger partial charge is 0.253 e. The summed E-state index contributed by atoms with van der Waals surface area (Å²) in [5, 5.41) is 4.07. The van der Waals surface area contributed by atoms with E-state index in [-0.39, 0.29) is 5.56 Å². The Hall–Kier alpha value is -3.03. The first-order chi connectivity index (χ1) is 11.8. The van der Waals surface area contributed by atoms with Gasteiger partial charge in [0.15, 0.2) is 0 Å².